The van der Waals surface area contributed by atoms with E-state index in [1.165, 1.54) is 25.0 Å². The predicted molar refractivity (Wildman–Crippen MR) is 167 cm³/mol. The summed E-state index contributed by atoms with van der Waals surface area (Å²) in [4.78, 5) is 6.81. The van der Waals surface area contributed by atoms with E-state index < -0.39 is 23.3 Å². The minimum absolute atomic E-state index is 0.0814. The molecule has 0 spiro atoms. The number of nitrogens with one attached hydrogen (secondary N) is 1. The van der Waals surface area contributed by atoms with Gasteiger partial charge in [-0.3, -0.25) is 4.99 Å². The average Bonchev–Trinajstić information content (AvgIpc) is 3.62. The van der Waals surface area contributed by atoms with Crippen molar-refractivity contribution in [2.75, 3.05) is 19.6 Å². The van der Waals surface area contributed by atoms with Crippen LogP contribution >= 0.6 is 0 Å². The van der Waals surface area contributed by atoms with Gasteiger partial charge in [-0.15, -0.1) is 0 Å². The van der Waals surface area contributed by atoms with E-state index in [0.717, 1.165) is 61.3 Å². The Labute approximate surface area is 246 Å². The molecule has 0 amide bonds. The van der Waals surface area contributed by atoms with Crippen molar-refractivity contribution < 1.29 is 13.2 Å². The second-order valence-electron chi connectivity index (χ2n) is 12.4. The van der Waals surface area contributed by atoms with E-state index >= 15 is 13.2 Å². The third-order valence-corrected chi connectivity index (χ3v) is 8.69. The number of rotatable bonds is 16. The van der Waals surface area contributed by atoms with Crippen LogP contribution in [0.3, 0.4) is 0 Å². The van der Waals surface area contributed by atoms with E-state index in [0.29, 0.717) is 12.1 Å². The Morgan fingerprint density at radius 2 is 1.90 bits per heavy atom. The number of allylic oxidation sites excluding steroid dienone is 4. The van der Waals surface area contributed by atoms with Crippen molar-refractivity contribution >= 4 is 6.21 Å². The van der Waals surface area contributed by atoms with Gasteiger partial charge in [0.15, 0.2) is 0 Å². The number of nitrogens with zero attached hydrogens (tertiary/aromatic N) is 2. The third kappa shape index (κ3) is 8.47. The van der Waals surface area contributed by atoms with Gasteiger partial charge in [-0.05, 0) is 82.9 Å². The van der Waals surface area contributed by atoms with Crippen LogP contribution in [-0.2, 0) is 5.92 Å². The van der Waals surface area contributed by atoms with Gasteiger partial charge in [-0.2, -0.15) is 0 Å². The van der Waals surface area contributed by atoms with Crippen LogP contribution in [0.2, 0.25) is 0 Å². The van der Waals surface area contributed by atoms with Crippen LogP contribution in [0.5, 0.6) is 0 Å². The molecule has 0 radical (unpaired) electrons. The average molecular weight is 570 g/mol. The van der Waals surface area contributed by atoms with Crippen molar-refractivity contribution in [3.63, 3.8) is 0 Å². The molecule has 0 unspecified atom stereocenters. The van der Waals surface area contributed by atoms with Crippen LogP contribution in [0.25, 0.3) is 0 Å². The fourth-order valence-corrected chi connectivity index (χ4v) is 5.82. The van der Waals surface area contributed by atoms with Crippen molar-refractivity contribution in [1.82, 2.24) is 10.2 Å². The van der Waals surface area contributed by atoms with Gasteiger partial charge in [0.1, 0.15) is 5.82 Å². The quantitative estimate of drug-likeness (QED) is 0.122. The maximum Gasteiger partial charge on any atom is 0.276 e. The normalized spacial score (nSPS) is 19.1. The van der Waals surface area contributed by atoms with Crippen LogP contribution in [0.15, 0.2) is 70.5 Å². The lowest BCUT2D eigenvalue weighted by molar-refractivity contribution is -0.0321. The monoisotopic (exact) mass is 569 g/mol. The summed E-state index contributed by atoms with van der Waals surface area (Å²) in [7, 11) is 0. The first kappa shape index (κ1) is 32.9. The lowest BCUT2D eigenvalue weighted by atomic mass is 9.89. The molecular weight excluding hydrogens is 519 g/mol. The lowest BCUT2D eigenvalue weighted by Gasteiger charge is -2.40. The molecule has 0 bridgehead atoms. The molecular formula is C35H50F3N3. The van der Waals surface area contributed by atoms with Gasteiger partial charge in [0.05, 0.1) is 11.6 Å². The van der Waals surface area contributed by atoms with Gasteiger partial charge in [-0.25, -0.2) is 13.2 Å². The van der Waals surface area contributed by atoms with Gasteiger partial charge < -0.3 is 10.2 Å². The molecule has 2 aliphatic rings. The zero-order chi connectivity index (χ0) is 30.4. The Kier molecular flexibility index (Phi) is 11.3. The second-order valence-corrected chi connectivity index (χ2v) is 12.4. The largest absolute Gasteiger partial charge is 0.378 e. The summed E-state index contributed by atoms with van der Waals surface area (Å²) in [5.41, 5.74) is 4.02. The van der Waals surface area contributed by atoms with Gasteiger partial charge in [0.25, 0.3) is 5.92 Å². The van der Waals surface area contributed by atoms with E-state index in [1.54, 1.807) is 19.2 Å². The number of halogens is 3. The lowest BCUT2D eigenvalue weighted by Crippen LogP contribution is -2.47. The van der Waals surface area contributed by atoms with Gasteiger partial charge in [-0.1, -0.05) is 63.6 Å². The molecule has 1 aliphatic heterocycles. The second kappa shape index (κ2) is 14.0. The van der Waals surface area contributed by atoms with E-state index in [2.05, 4.69) is 48.3 Å². The van der Waals surface area contributed by atoms with Crippen molar-refractivity contribution in [2.24, 2.45) is 16.3 Å². The Morgan fingerprint density at radius 3 is 2.49 bits per heavy atom. The molecule has 6 heteroatoms. The van der Waals surface area contributed by atoms with Gasteiger partial charge >= 0.3 is 0 Å². The van der Waals surface area contributed by atoms with Gasteiger partial charge in [0, 0.05) is 48.3 Å². The molecule has 1 aromatic rings. The van der Waals surface area contributed by atoms with Crippen molar-refractivity contribution in [3.05, 3.63) is 82.5 Å². The smallest absolute Gasteiger partial charge is 0.276 e. The van der Waals surface area contributed by atoms with Crippen LogP contribution in [0.1, 0.15) is 104 Å². The van der Waals surface area contributed by atoms with Crippen molar-refractivity contribution in [3.8, 4) is 0 Å². The molecule has 1 saturated heterocycles. The first-order chi connectivity index (χ1) is 19.3. The molecule has 1 heterocycles. The summed E-state index contributed by atoms with van der Waals surface area (Å²) in [6, 6.07) is 3.74. The molecule has 1 N–H and O–H groups in total. The van der Waals surface area contributed by atoms with E-state index in [9.17, 15) is 0 Å². The van der Waals surface area contributed by atoms with Crippen LogP contribution in [-0.4, -0.2) is 30.7 Å². The number of likely N-dealkylation sites (tertiary alicyclic amines) is 1. The van der Waals surface area contributed by atoms with E-state index in [-0.39, 0.29) is 23.3 Å². The molecule has 41 heavy (non-hydrogen) atoms. The minimum atomic E-state index is -3.23. The summed E-state index contributed by atoms with van der Waals surface area (Å²) in [5.74, 6) is -3.82. The SMILES string of the molecule is C=C(C)/C(=C\C(C(=C)N[C@H](C)c1cccc(C(F)(F)CCC2CN(CCCCC)C2)c1F)=C(/C)N=CC)C1(C)CC1. The summed E-state index contributed by atoms with van der Waals surface area (Å²) in [5, 5.41) is 3.27. The highest BCUT2D eigenvalue weighted by atomic mass is 19.3. The first-order valence-electron chi connectivity index (χ1n) is 15.3. The number of alkyl halides is 2. The molecule has 226 valence electrons. The Morgan fingerprint density at radius 1 is 1.22 bits per heavy atom. The first-order valence-corrected chi connectivity index (χ1v) is 15.3. The van der Waals surface area contributed by atoms with E-state index in [1.807, 2.05) is 20.8 Å². The Hall–Kier alpha value is -2.60. The Balaban J connectivity index is 1.72. The molecule has 3 rings (SSSR count). The fraction of sp³-hybridized carbons (Fsp3) is 0.571. The number of hydrogen-bond donors (Lipinski definition) is 1. The zero-order valence-corrected chi connectivity index (χ0v) is 26.1. The van der Waals surface area contributed by atoms with Crippen LogP contribution < -0.4 is 5.32 Å². The molecule has 3 nitrogen and oxygen atoms in total. The van der Waals surface area contributed by atoms with Crippen molar-refractivity contribution in [1.29, 1.82) is 0 Å². The zero-order valence-electron chi connectivity index (χ0n) is 26.1. The molecule has 1 saturated carbocycles. The highest BCUT2D eigenvalue weighted by Crippen LogP contribution is 2.54. The summed E-state index contributed by atoms with van der Waals surface area (Å²) < 4.78 is 46.3. The molecule has 2 fully saturated rings. The molecule has 1 aromatic carbocycles. The summed E-state index contributed by atoms with van der Waals surface area (Å²) in [6.45, 7) is 23.1. The Bertz CT molecular complexity index is 1180. The topological polar surface area (TPSA) is 27.6 Å². The van der Waals surface area contributed by atoms with Crippen molar-refractivity contribution in [2.45, 2.75) is 98.5 Å². The maximum absolute atomic E-state index is 15.7. The number of benzene rings is 1. The molecule has 1 aliphatic carbocycles. The number of aliphatic imine (C=N–C) groups is 1. The molecule has 1 atom stereocenters. The number of hydrogen-bond acceptors (Lipinski definition) is 3. The fourth-order valence-electron chi connectivity index (χ4n) is 5.82. The highest BCUT2D eigenvalue weighted by Gasteiger charge is 2.41. The minimum Gasteiger partial charge on any atom is -0.378 e. The summed E-state index contributed by atoms with van der Waals surface area (Å²) in [6.07, 6.45) is 9.56. The maximum atomic E-state index is 15.7. The number of unbranched alkanes of at least 4 members (excludes halogenated alkanes) is 2. The van der Waals surface area contributed by atoms with Crippen LogP contribution in [0.4, 0.5) is 13.2 Å². The summed E-state index contributed by atoms with van der Waals surface area (Å²) >= 11 is 0. The van der Waals surface area contributed by atoms with Crippen LogP contribution in [0, 0.1) is 17.2 Å². The van der Waals surface area contributed by atoms with Gasteiger partial charge in [0.2, 0.25) is 0 Å². The standard InChI is InChI=1S/C35H50F3N3/c1-9-11-12-20-41-22-28(23-41)16-17-35(37,38)31-15-13-14-29(33(31)36)26(6)40-27(7)30(25(5)39-10-2)21-32(24(3)4)34(8)18-19-34/h10,13-15,21,26,28,40H,3,7,9,11-12,16-20,22-23H2,1-2,4-6,8H3/b30-25-,32-21+,39-10?/t26-/m1/s1. The molecule has 0 aromatic heterocycles. The van der Waals surface area contributed by atoms with E-state index in [4.69, 9.17) is 0 Å². The third-order valence-electron chi connectivity index (χ3n) is 8.69. The highest BCUT2D eigenvalue weighted by molar-refractivity contribution is 5.58. The predicted octanol–water partition coefficient (Wildman–Crippen LogP) is 9.65.